The van der Waals surface area contributed by atoms with Crippen LogP contribution in [0, 0.1) is 0 Å². The standard InChI is InChI=1S/C12H21N3O2/c1-5-6-10(16)13-8-7-9-14-11(17-15-9)12(2,3)4/h5-8H2,1-4H3,(H,13,16). The maximum atomic E-state index is 11.2. The van der Waals surface area contributed by atoms with Crippen LogP contribution in [0.1, 0.15) is 52.3 Å². The van der Waals surface area contributed by atoms with Crippen molar-refractivity contribution in [3.05, 3.63) is 11.7 Å². The largest absolute Gasteiger partial charge is 0.356 e. The first-order chi connectivity index (χ1) is 7.93. The predicted octanol–water partition coefficient (Wildman–Crippen LogP) is 1.83. The fourth-order valence-electron chi connectivity index (χ4n) is 1.29. The second-order valence-corrected chi connectivity index (χ2v) is 5.12. The Morgan fingerprint density at radius 3 is 2.65 bits per heavy atom. The van der Waals surface area contributed by atoms with Crippen molar-refractivity contribution in [2.24, 2.45) is 0 Å². The highest BCUT2D eigenvalue weighted by Crippen LogP contribution is 2.19. The Labute approximate surface area is 102 Å². The molecule has 0 bridgehead atoms. The third kappa shape index (κ3) is 4.54. The average molecular weight is 239 g/mol. The molecule has 0 aliphatic carbocycles. The molecule has 96 valence electrons. The predicted molar refractivity (Wildman–Crippen MR) is 64.6 cm³/mol. The topological polar surface area (TPSA) is 68.0 Å². The van der Waals surface area contributed by atoms with Crippen LogP contribution in [-0.2, 0) is 16.6 Å². The van der Waals surface area contributed by atoms with Gasteiger partial charge in [0.2, 0.25) is 11.8 Å². The molecule has 0 aliphatic heterocycles. The van der Waals surface area contributed by atoms with Crippen LogP contribution in [0.5, 0.6) is 0 Å². The molecule has 0 saturated carbocycles. The fraction of sp³-hybridized carbons (Fsp3) is 0.750. The average Bonchev–Trinajstić information content (AvgIpc) is 2.66. The normalized spacial score (nSPS) is 11.5. The Kier molecular flexibility index (Phi) is 4.66. The van der Waals surface area contributed by atoms with Crippen molar-refractivity contribution in [3.63, 3.8) is 0 Å². The lowest BCUT2D eigenvalue weighted by Gasteiger charge is -2.10. The first-order valence-corrected chi connectivity index (χ1v) is 6.03. The van der Waals surface area contributed by atoms with Crippen LogP contribution in [0.4, 0.5) is 0 Å². The highest BCUT2D eigenvalue weighted by atomic mass is 16.5. The number of carbonyl (C=O) groups excluding carboxylic acids is 1. The molecule has 0 aliphatic rings. The van der Waals surface area contributed by atoms with E-state index in [0.29, 0.717) is 31.1 Å². The summed E-state index contributed by atoms with van der Waals surface area (Å²) < 4.78 is 5.16. The second-order valence-electron chi connectivity index (χ2n) is 5.12. The molecular formula is C12H21N3O2. The molecule has 0 unspecified atom stereocenters. The van der Waals surface area contributed by atoms with Crippen LogP contribution < -0.4 is 5.32 Å². The van der Waals surface area contributed by atoms with Crippen LogP contribution in [0.2, 0.25) is 0 Å². The molecule has 0 atom stereocenters. The van der Waals surface area contributed by atoms with E-state index in [-0.39, 0.29) is 11.3 Å². The number of aromatic nitrogens is 2. The molecule has 0 saturated heterocycles. The van der Waals surface area contributed by atoms with Gasteiger partial charge >= 0.3 is 0 Å². The monoisotopic (exact) mass is 239 g/mol. The van der Waals surface area contributed by atoms with Crippen molar-refractivity contribution in [2.75, 3.05) is 6.54 Å². The number of amides is 1. The molecule has 1 N–H and O–H groups in total. The van der Waals surface area contributed by atoms with Crippen LogP contribution in [0.15, 0.2) is 4.52 Å². The molecule has 1 heterocycles. The Bertz CT molecular complexity index is 366. The van der Waals surface area contributed by atoms with Crippen molar-refractivity contribution in [2.45, 2.75) is 52.4 Å². The maximum absolute atomic E-state index is 11.2. The highest BCUT2D eigenvalue weighted by molar-refractivity contribution is 5.75. The molecule has 0 spiro atoms. The molecule has 17 heavy (non-hydrogen) atoms. The summed E-state index contributed by atoms with van der Waals surface area (Å²) in [7, 11) is 0. The highest BCUT2D eigenvalue weighted by Gasteiger charge is 2.21. The van der Waals surface area contributed by atoms with Crippen molar-refractivity contribution < 1.29 is 9.32 Å². The minimum Gasteiger partial charge on any atom is -0.356 e. The maximum Gasteiger partial charge on any atom is 0.232 e. The van der Waals surface area contributed by atoms with E-state index in [1.807, 2.05) is 27.7 Å². The third-order valence-corrected chi connectivity index (χ3v) is 2.26. The summed E-state index contributed by atoms with van der Waals surface area (Å²) >= 11 is 0. The number of hydrogen-bond acceptors (Lipinski definition) is 4. The lowest BCUT2D eigenvalue weighted by molar-refractivity contribution is -0.121. The zero-order valence-corrected chi connectivity index (χ0v) is 11.0. The van der Waals surface area contributed by atoms with Gasteiger partial charge in [-0.05, 0) is 6.42 Å². The lowest BCUT2D eigenvalue weighted by Crippen LogP contribution is -2.25. The number of carbonyl (C=O) groups is 1. The van der Waals surface area contributed by atoms with Crippen molar-refractivity contribution in [1.82, 2.24) is 15.5 Å². The zero-order valence-electron chi connectivity index (χ0n) is 11.0. The first kappa shape index (κ1) is 13.7. The SMILES string of the molecule is CCCC(=O)NCCc1noc(C(C)(C)C)n1. The number of nitrogens with zero attached hydrogens (tertiary/aromatic N) is 2. The van der Waals surface area contributed by atoms with E-state index in [2.05, 4.69) is 15.5 Å². The first-order valence-electron chi connectivity index (χ1n) is 6.03. The van der Waals surface area contributed by atoms with Gasteiger partial charge in [0.25, 0.3) is 0 Å². The van der Waals surface area contributed by atoms with E-state index in [1.54, 1.807) is 0 Å². The minimum atomic E-state index is -0.128. The van der Waals surface area contributed by atoms with Gasteiger partial charge < -0.3 is 9.84 Å². The Morgan fingerprint density at radius 1 is 1.41 bits per heavy atom. The van der Waals surface area contributed by atoms with Gasteiger partial charge in [-0.2, -0.15) is 4.98 Å². The van der Waals surface area contributed by atoms with Crippen LogP contribution in [0.3, 0.4) is 0 Å². The molecule has 0 radical (unpaired) electrons. The minimum absolute atomic E-state index is 0.0760. The van der Waals surface area contributed by atoms with Gasteiger partial charge in [0.05, 0.1) is 0 Å². The Hall–Kier alpha value is -1.39. The number of rotatable bonds is 5. The van der Waals surface area contributed by atoms with E-state index in [4.69, 9.17) is 4.52 Å². The molecule has 0 aromatic carbocycles. The van der Waals surface area contributed by atoms with Crippen molar-refractivity contribution in [1.29, 1.82) is 0 Å². The molecule has 1 rings (SSSR count). The van der Waals surface area contributed by atoms with Gasteiger partial charge in [-0.25, -0.2) is 0 Å². The summed E-state index contributed by atoms with van der Waals surface area (Å²) in [5.74, 6) is 1.35. The van der Waals surface area contributed by atoms with Gasteiger partial charge in [0.15, 0.2) is 5.82 Å². The Balaban J connectivity index is 2.38. The second kappa shape index (κ2) is 5.80. The van der Waals surface area contributed by atoms with E-state index in [9.17, 15) is 4.79 Å². The molecule has 5 nitrogen and oxygen atoms in total. The van der Waals surface area contributed by atoms with Crippen LogP contribution in [-0.4, -0.2) is 22.6 Å². The molecule has 0 fully saturated rings. The van der Waals surface area contributed by atoms with Crippen LogP contribution >= 0.6 is 0 Å². The van der Waals surface area contributed by atoms with E-state index >= 15 is 0 Å². The van der Waals surface area contributed by atoms with Gasteiger partial charge in [-0.1, -0.05) is 32.9 Å². The Morgan fingerprint density at radius 2 is 2.12 bits per heavy atom. The van der Waals surface area contributed by atoms with E-state index in [0.717, 1.165) is 6.42 Å². The smallest absolute Gasteiger partial charge is 0.232 e. The molecule has 5 heteroatoms. The summed E-state index contributed by atoms with van der Waals surface area (Å²) in [6, 6.07) is 0. The van der Waals surface area contributed by atoms with Gasteiger partial charge in [0, 0.05) is 24.8 Å². The molecule has 1 aromatic rings. The van der Waals surface area contributed by atoms with Gasteiger partial charge in [-0.15, -0.1) is 0 Å². The summed E-state index contributed by atoms with van der Waals surface area (Å²) in [5.41, 5.74) is -0.128. The lowest BCUT2D eigenvalue weighted by atomic mass is 9.97. The van der Waals surface area contributed by atoms with Crippen molar-refractivity contribution >= 4 is 5.91 Å². The number of nitrogens with one attached hydrogen (secondary N) is 1. The summed E-state index contributed by atoms with van der Waals surface area (Å²) in [6.45, 7) is 8.60. The summed E-state index contributed by atoms with van der Waals surface area (Å²) in [5, 5.41) is 6.71. The number of hydrogen-bond donors (Lipinski definition) is 1. The van der Waals surface area contributed by atoms with E-state index in [1.165, 1.54) is 0 Å². The summed E-state index contributed by atoms with van der Waals surface area (Å²) in [4.78, 5) is 15.5. The summed E-state index contributed by atoms with van der Waals surface area (Å²) in [6.07, 6.45) is 2.04. The fourth-order valence-corrected chi connectivity index (χ4v) is 1.29. The van der Waals surface area contributed by atoms with Crippen LogP contribution in [0.25, 0.3) is 0 Å². The van der Waals surface area contributed by atoms with Crippen molar-refractivity contribution in [3.8, 4) is 0 Å². The molecule has 1 aromatic heterocycles. The third-order valence-electron chi connectivity index (χ3n) is 2.26. The van der Waals surface area contributed by atoms with E-state index < -0.39 is 0 Å². The van der Waals surface area contributed by atoms with Gasteiger partial charge in [0.1, 0.15) is 0 Å². The van der Waals surface area contributed by atoms with Gasteiger partial charge in [-0.3, -0.25) is 4.79 Å². The quantitative estimate of drug-likeness (QED) is 0.851. The zero-order chi connectivity index (χ0) is 12.9. The molecular weight excluding hydrogens is 218 g/mol. The molecule has 1 amide bonds.